The maximum Gasteiger partial charge on any atom is 0.246 e. The van der Waals surface area contributed by atoms with Gasteiger partial charge in [0.05, 0.1) is 19.8 Å². The van der Waals surface area contributed by atoms with Crippen LogP contribution in [0, 0.1) is 0 Å². The van der Waals surface area contributed by atoms with Crippen LogP contribution < -0.4 is 5.32 Å². The molecule has 1 saturated heterocycles. The quantitative estimate of drug-likeness (QED) is 0.713. The molecule has 1 aliphatic carbocycles. The van der Waals surface area contributed by atoms with Crippen molar-refractivity contribution >= 4 is 11.8 Å². The molecule has 6 heteroatoms. The van der Waals surface area contributed by atoms with Crippen molar-refractivity contribution in [3.05, 3.63) is 0 Å². The average Bonchev–Trinajstić information content (AvgIpc) is 2.91. The van der Waals surface area contributed by atoms with Crippen LogP contribution >= 0.6 is 0 Å². The normalized spacial score (nSPS) is 25.3. The maximum absolute atomic E-state index is 12.4. The molecule has 1 N–H and O–H groups in total. The van der Waals surface area contributed by atoms with Crippen molar-refractivity contribution in [3.8, 4) is 0 Å². The van der Waals surface area contributed by atoms with Crippen LogP contribution in [0.2, 0.25) is 0 Å². The average molecular weight is 284 g/mol. The highest BCUT2D eigenvalue weighted by Crippen LogP contribution is 2.37. The van der Waals surface area contributed by atoms with E-state index in [0.29, 0.717) is 26.4 Å². The largest absolute Gasteiger partial charge is 0.382 e. The Morgan fingerprint density at radius 3 is 2.60 bits per heavy atom. The van der Waals surface area contributed by atoms with Crippen LogP contribution in [-0.2, 0) is 19.1 Å². The Labute approximate surface area is 119 Å². The molecule has 1 spiro atoms. The predicted molar refractivity (Wildman–Crippen MR) is 73.2 cm³/mol. The fourth-order valence-electron chi connectivity index (χ4n) is 3.14. The number of methoxy groups -OCH3 is 1. The molecule has 1 unspecified atom stereocenters. The monoisotopic (exact) mass is 284 g/mol. The molecule has 0 aromatic rings. The Bertz CT molecular complexity index is 366. The highest BCUT2D eigenvalue weighted by molar-refractivity contribution is 5.99. The van der Waals surface area contributed by atoms with Gasteiger partial charge >= 0.3 is 0 Å². The van der Waals surface area contributed by atoms with Crippen molar-refractivity contribution < 1.29 is 19.1 Å². The third-order valence-corrected chi connectivity index (χ3v) is 4.25. The lowest BCUT2D eigenvalue weighted by molar-refractivity contribution is -0.157. The minimum atomic E-state index is -0.631. The van der Waals surface area contributed by atoms with Gasteiger partial charge in [-0.05, 0) is 19.8 Å². The Hall–Kier alpha value is -1.14. The summed E-state index contributed by atoms with van der Waals surface area (Å²) in [7, 11) is 1.62. The van der Waals surface area contributed by atoms with Crippen molar-refractivity contribution in [2.75, 3.05) is 33.5 Å². The van der Waals surface area contributed by atoms with E-state index < -0.39 is 11.6 Å². The van der Waals surface area contributed by atoms with Crippen molar-refractivity contribution in [3.63, 3.8) is 0 Å². The van der Waals surface area contributed by atoms with E-state index in [9.17, 15) is 9.59 Å². The van der Waals surface area contributed by atoms with E-state index in [-0.39, 0.29) is 11.8 Å². The van der Waals surface area contributed by atoms with Crippen LogP contribution in [0.1, 0.15) is 32.6 Å². The van der Waals surface area contributed by atoms with Crippen molar-refractivity contribution in [1.29, 1.82) is 0 Å². The highest BCUT2D eigenvalue weighted by Gasteiger charge is 2.52. The standard InChI is InChI=1S/C14H24N2O4/c1-11-12(17)16(7-8-20-10-9-19-2)14(13(18)15-11)5-3-4-6-14/h11H,3-10H2,1-2H3,(H,15,18). The predicted octanol–water partition coefficient (Wildman–Crippen LogP) is 0.309. The summed E-state index contributed by atoms with van der Waals surface area (Å²) in [5.74, 6) is 0.000771. The highest BCUT2D eigenvalue weighted by atomic mass is 16.5. The molecule has 2 fully saturated rings. The zero-order valence-corrected chi connectivity index (χ0v) is 12.3. The molecule has 20 heavy (non-hydrogen) atoms. The second-order valence-electron chi connectivity index (χ2n) is 5.53. The number of nitrogens with zero attached hydrogens (tertiary/aromatic N) is 1. The van der Waals surface area contributed by atoms with Crippen LogP contribution in [0.25, 0.3) is 0 Å². The zero-order chi connectivity index (χ0) is 14.6. The first-order chi connectivity index (χ1) is 9.62. The van der Waals surface area contributed by atoms with E-state index in [4.69, 9.17) is 9.47 Å². The summed E-state index contributed by atoms with van der Waals surface area (Å²) >= 11 is 0. The Kier molecular flexibility index (Phi) is 4.99. The molecular formula is C14H24N2O4. The molecule has 0 aromatic heterocycles. The van der Waals surface area contributed by atoms with Gasteiger partial charge in [0.15, 0.2) is 0 Å². The van der Waals surface area contributed by atoms with Gasteiger partial charge in [-0.15, -0.1) is 0 Å². The topological polar surface area (TPSA) is 67.9 Å². The Balaban J connectivity index is 2.00. The fraction of sp³-hybridized carbons (Fsp3) is 0.857. The van der Waals surface area contributed by atoms with Gasteiger partial charge in [-0.25, -0.2) is 0 Å². The van der Waals surface area contributed by atoms with Crippen LogP contribution in [0.5, 0.6) is 0 Å². The third kappa shape index (κ3) is 2.81. The molecule has 2 aliphatic rings. The summed E-state index contributed by atoms with van der Waals surface area (Å²) in [5.41, 5.74) is -0.631. The van der Waals surface area contributed by atoms with Crippen molar-refractivity contribution in [1.82, 2.24) is 10.2 Å². The van der Waals surface area contributed by atoms with Gasteiger partial charge in [0.25, 0.3) is 0 Å². The van der Waals surface area contributed by atoms with Gasteiger partial charge in [0, 0.05) is 13.7 Å². The number of ether oxygens (including phenoxy) is 2. The first-order valence-corrected chi connectivity index (χ1v) is 7.31. The van der Waals surface area contributed by atoms with E-state index >= 15 is 0 Å². The molecule has 1 atom stereocenters. The van der Waals surface area contributed by atoms with Crippen LogP contribution in [0.4, 0.5) is 0 Å². The molecule has 0 aromatic carbocycles. The summed E-state index contributed by atoms with van der Waals surface area (Å²) in [5, 5.41) is 2.81. The molecule has 1 aliphatic heterocycles. The molecule has 2 amide bonds. The Morgan fingerprint density at radius 2 is 1.95 bits per heavy atom. The molecule has 114 valence electrons. The maximum atomic E-state index is 12.4. The van der Waals surface area contributed by atoms with Crippen LogP contribution in [0.3, 0.4) is 0 Å². The third-order valence-electron chi connectivity index (χ3n) is 4.25. The number of carbonyl (C=O) groups excluding carboxylic acids is 2. The summed E-state index contributed by atoms with van der Waals surface area (Å²) in [6, 6.07) is -0.437. The number of amides is 2. The van der Waals surface area contributed by atoms with Gasteiger partial charge in [-0.1, -0.05) is 12.8 Å². The van der Waals surface area contributed by atoms with Gasteiger partial charge in [-0.3, -0.25) is 9.59 Å². The number of hydrogen-bond acceptors (Lipinski definition) is 4. The van der Waals surface area contributed by atoms with Gasteiger partial charge in [-0.2, -0.15) is 0 Å². The molecule has 0 radical (unpaired) electrons. The minimum absolute atomic E-state index is 0.000934. The summed E-state index contributed by atoms with van der Waals surface area (Å²) < 4.78 is 10.4. The molecule has 2 rings (SSSR count). The Morgan fingerprint density at radius 1 is 1.25 bits per heavy atom. The lowest BCUT2D eigenvalue weighted by Crippen LogP contribution is -2.69. The first-order valence-electron chi connectivity index (χ1n) is 7.31. The van der Waals surface area contributed by atoms with Crippen LogP contribution in [-0.4, -0.2) is 61.8 Å². The minimum Gasteiger partial charge on any atom is -0.382 e. The number of piperazine rings is 1. The second-order valence-corrected chi connectivity index (χ2v) is 5.53. The molecule has 0 bridgehead atoms. The van der Waals surface area contributed by atoms with E-state index in [0.717, 1.165) is 25.7 Å². The number of hydrogen-bond donors (Lipinski definition) is 1. The number of carbonyl (C=O) groups is 2. The van der Waals surface area contributed by atoms with Gasteiger partial charge in [0.1, 0.15) is 11.6 Å². The molecule has 6 nitrogen and oxygen atoms in total. The van der Waals surface area contributed by atoms with Crippen LogP contribution in [0.15, 0.2) is 0 Å². The summed E-state index contributed by atoms with van der Waals surface area (Å²) in [6.07, 6.45) is 3.51. The summed E-state index contributed by atoms with van der Waals surface area (Å²) in [4.78, 5) is 26.5. The zero-order valence-electron chi connectivity index (χ0n) is 12.3. The van der Waals surface area contributed by atoms with E-state index in [2.05, 4.69) is 5.32 Å². The van der Waals surface area contributed by atoms with E-state index in [1.54, 1.807) is 18.9 Å². The lowest BCUT2D eigenvalue weighted by Gasteiger charge is -2.45. The summed E-state index contributed by atoms with van der Waals surface area (Å²) in [6.45, 7) is 3.70. The number of rotatable bonds is 6. The van der Waals surface area contributed by atoms with Crippen molar-refractivity contribution in [2.24, 2.45) is 0 Å². The molecular weight excluding hydrogens is 260 g/mol. The van der Waals surface area contributed by atoms with Crippen molar-refractivity contribution in [2.45, 2.75) is 44.2 Å². The first kappa shape index (κ1) is 15.3. The second kappa shape index (κ2) is 6.54. The smallest absolute Gasteiger partial charge is 0.246 e. The van der Waals surface area contributed by atoms with E-state index in [1.807, 2.05) is 0 Å². The van der Waals surface area contributed by atoms with Gasteiger partial charge < -0.3 is 19.7 Å². The lowest BCUT2D eigenvalue weighted by atomic mass is 9.89. The van der Waals surface area contributed by atoms with Gasteiger partial charge in [0.2, 0.25) is 11.8 Å². The van der Waals surface area contributed by atoms with E-state index in [1.165, 1.54) is 0 Å². The fourth-order valence-corrected chi connectivity index (χ4v) is 3.14. The molecule has 1 heterocycles. The number of nitrogens with one attached hydrogen (secondary N) is 1. The SMILES string of the molecule is COCCOCCN1C(=O)C(C)NC(=O)C12CCCC2. The molecule has 1 saturated carbocycles.